The van der Waals surface area contributed by atoms with Crippen molar-refractivity contribution < 1.29 is 13.9 Å². The van der Waals surface area contributed by atoms with E-state index in [-0.39, 0.29) is 12.2 Å². The van der Waals surface area contributed by atoms with Crippen LogP contribution in [0, 0.1) is 17.1 Å². The van der Waals surface area contributed by atoms with E-state index >= 15 is 0 Å². The summed E-state index contributed by atoms with van der Waals surface area (Å²) in [6.07, 6.45) is 0.669. The fraction of sp³-hybridized carbons (Fsp3) is 0.0667. The van der Waals surface area contributed by atoms with Crippen LogP contribution in [-0.2, 0) is 6.61 Å². The Kier molecular flexibility index (Phi) is 4.49. The van der Waals surface area contributed by atoms with Gasteiger partial charge in [0.05, 0.1) is 21.7 Å². The van der Waals surface area contributed by atoms with Crippen LogP contribution in [0.1, 0.15) is 21.5 Å². The Morgan fingerprint density at radius 1 is 1.35 bits per heavy atom. The minimum Gasteiger partial charge on any atom is -0.487 e. The average Bonchev–Trinajstić information content (AvgIpc) is 2.47. The van der Waals surface area contributed by atoms with Gasteiger partial charge >= 0.3 is 0 Å². The molecule has 0 aliphatic rings. The summed E-state index contributed by atoms with van der Waals surface area (Å²) in [5.41, 5.74) is 0.987. The van der Waals surface area contributed by atoms with Crippen LogP contribution in [0.4, 0.5) is 4.39 Å². The fourth-order valence-corrected chi connectivity index (χ4v) is 2.17. The van der Waals surface area contributed by atoms with Gasteiger partial charge in [0.25, 0.3) is 0 Å². The molecule has 2 aromatic carbocycles. The van der Waals surface area contributed by atoms with Crippen LogP contribution in [0.3, 0.4) is 0 Å². The molecule has 0 spiro atoms. The molecule has 0 bridgehead atoms. The van der Waals surface area contributed by atoms with E-state index < -0.39 is 5.82 Å². The molecule has 0 heterocycles. The van der Waals surface area contributed by atoms with Gasteiger partial charge in [-0.3, -0.25) is 4.79 Å². The molecule has 2 rings (SSSR count). The summed E-state index contributed by atoms with van der Waals surface area (Å²) in [5, 5.41) is 8.80. The van der Waals surface area contributed by atoms with Crippen molar-refractivity contribution in [3.63, 3.8) is 0 Å². The van der Waals surface area contributed by atoms with Crippen LogP contribution in [0.2, 0.25) is 0 Å². The zero-order valence-corrected chi connectivity index (χ0v) is 11.9. The van der Waals surface area contributed by atoms with Gasteiger partial charge in [-0.1, -0.05) is 6.07 Å². The van der Waals surface area contributed by atoms with E-state index in [0.29, 0.717) is 27.6 Å². The molecule has 0 radical (unpaired) electrons. The number of nitrogens with zero attached hydrogens (tertiary/aromatic N) is 1. The molecule has 0 fully saturated rings. The maximum absolute atomic E-state index is 13.6. The van der Waals surface area contributed by atoms with E-state index in [2.05, 4.69) is 15.9 Å². The third-order valence-electron chi connectivity index (χ3n) is 2.67. The van der Waals surface area contributed by atoms with E-state index in [1.807, 2.05) is 6.07 Å². The minimum atomic E-state index is -0.455. The predicted octanol–water partition coefficient (Wildman–Crippen LogP) is 3.85. The number of carbonyl (C=O) groups is 1. The molecule has 0 N–H and O–H groups in total. The topological polar surface area (TPSA) is 50.1 Å². The highest BCUT2D eigenvalue weighted by Crippen LogP contribution is 2.29. The molecular weight excluding hydrogens is 325 g/mol. The Balaban J connectivity index is 2.26. The summed E-state index contributed by atoms with van der Waals surface area (Å²) in [7, 11) is 0. The molecule has 0 unspecified atom stereocenters. The molecular formula is C15H9BrFNO2. The number of hydrogen-bond acceptors (Lipinski definition) is 3. The Bertz CT molecular complexity index is 695. The summed E-state index contributed by atoms with van der Waals surface area (Å²) in [5.74, 6) is -0.104. The lowest BCUT2D eigenvalue weighted by molar-refractivity contribution is 0.111. The number of para-hydroxylation sites is 1. The monoisotopic (exact) mass is 333 g/mol. The molecule has 0 saturated carbocycles. The highest BCUT2D eigenvalue weighted by atomic mass is 79.9. The zero-order chi connectivity index (χ0) is 14.5. The van der Waals surface area contributed by atoms with Gasteiger partial charge in [-0.05, 0) is 46.3 Å². The van der Waals surface area contributed by atoms with E-state index in [1.165, 1.54) is 18.2 Å². The second-order valence-electron chi connectivity index (χ2n) is 3.98. The number of benzene rings is 2. The van der Waals surface area contributed by atoms with E-state index in [4.69, 9.17) is 10.00 Å². The molecule has 0 aliphatic carbocycles. The maximum atomic E-state index is 13.6. The molecule has 20 heavy (non-hydrogen) atoms. The van der Waals surface area contributed by atoms with E-state index in [0.717, 1.165) is 0 Å². The van der Waals surface area contributed by atoms with Gasteiger partial charge in [0, 0.05) is 5.56 Å². The van der Waals surface area contributed by atoms with Crippen molar-refractivity contribution in [2.45, 2.75) is 6.61 Å². The molecule has 5 heteroatoms. The number of halogens is 2. The van der Waals surface area contributed by atoms with Gasteiger partial charge in [0.2, 0.25) is 0 Å². The smallest absolute Gasteiger partial charge is 0.153 e. The van der Waals surface area contributed by atoms with E-state index in [1.54, 1.807) is 18.2 Å². The first-order valence-electron chi connectivity index (χ1n) is 5.70. The summed E-state index contributed by atoms with van der Waals surface area (Å²) in [4.78, 5) is 10.9. The summed E-state index contributed by atoms with van der Waals surface area (Å²) in [6.45, 7) is -0.0647. The van der Waals surface area contributed by atoms with Crippen LogP contribution >= 0.6 is 15.9 Å². The van der Waals surface area contributed by atoms with Gasteiger partial charge in [-0.15, -0.1) is 0 Å². The zero-order valence-electron chi connectivity index (χ0n) is 10.3. The Hall–Kier alpha value is -2.19. The van der Waals surface area contributed by atoms with Crippen LogP contribution < -0.4 is 4.74 Å². The van der Waals surface area contributed by atoms with Gasteiger partial charge in [-0.2, -0.15) is 5.26 Å². The lowest BCUT2D eigenvalue weighted by Crippen LogP contribution is -2.01. The van der Waals surface area contributed by atoms with Crippen molar-refractivity contribution in [2.24, 2.45) is 0 Å². The van der Waals surface area contributed by atoms with Gasteiger partial charge in [0.15, 0.2) is 6.29 Å². The van der Waals surface area contributed by atoms with Crippen molar-refractivity contribution >= 4 is 22.2 Å². The van der Waals surface area contributed by atoms with Crippen molar-refractivity contribution in [1.82, 2.24) is 0 Å². The number of ether oxygens (including phenoxy) is 1. The summed E-state index contributed by atoms with van der Waals surface area (Å²) >= 11 is 3.28. The average molecular weight is 334 g/mol. The minimum absolute atomic E-state index is 0.0647. The lowest BCUT2D eigenvalue weighted by atomic mass is 10.1. The van der Waals surface area contributed by atoms with Gasteiger partial charge in [-0.25, -0.2) is 4.39 Å². The molecule has 100 valence electrons. The second-order valence-corrected chi connectivity index (χ2v) is 4.84. The summed E-state index contributed by atoms with van der Waals surface area (Å²) < 4.78 is 19.7. The first-order valence-corrected chi connectivity index (χ1v) is 6.50. The fourth-order valence-electron chi connectivity index (χ4n) is 1.68. The van der Waals surface area contributed by atoms with Crippen LogP contribution in [-0.4, -0.2) is 6.29 Å². The van der Waals surface area contributed by atoms with Crippen molar-refractivity contribution in [3.8, 4) is 11.8 Å². The normalized spacial score (nSPS) is 9.85. The van der Waals surface area contributed by atoms with Gasteiger partial charge in [0.1, 0.15) is 18.2 Å². The number of aldehydes is 1. The molecule has 0 atom stereocenters. The molecule has 3 nitrogen and oxygen atoms in total. The highest BCUT2D eigenvalue weighted by molar-refractivity contribution is 9.10. The lowest BCUT2D eigenvalue weighted by Gasteiger charge is -2.11. The molecule has 0 aromatic heterocycles. The largest absolute Gasteiger partial charge is 0.487 e. The highest BCUT2D eigenvalue weighted by Gasteiger charge is 2.10. The predicted molar refractivity (Wildman–Crippen MR) is 75.0 cm³/mol. The number of nitriles is 1. The Morgan fingerprint density at radius 2 is 2.15 bits per heavy atom. The number of hydrogen-bond donors (Lipinski definition) is 0. The van der Waals surface area contributed by atoms with Crippen LogP contribution in [0.25, 0.3) is 0 Å². The maximum Gasteiger partial charge on any atom is 0.153 e. The number of rotatable bonds is 4. The molecule has 0 amide bonds. The summed E-state index contributed by atoms with van der Waals surface area (Å²) in [6, 6.07) is 11.0. The van der Waals surface area contributed by atoms with Crippen molar-refractivity contribution in [3.05, 3.63) is 63.4 Å². The standard InChI is InChI=1S/C15H9BrFNO2/c16-13-3-1-2-11(8-19)15(13)20-9-12-6-10(7-18)4-5-14(12)17/h1-6,8H,9H2. The molecule has 0 aliphatic heterocycles. The first kappa shape index (κ1) is 14.2. The Morgan fingerprint density at radius 3 is 2.85 bits per heavy atom. The molecule has 0 saturated heterocycles. The second kappa shape index (κ2) is 6.31. The van der Waals surface area contributed by atoms with Crippen molar-refractivity contribution in [2.75, 3.05) is 0 Å². The number of carbonyl (C=O) groups excluding carboxylic acids is 1. The van der Waals surface area contributed by atoms with Crippen molar-refractivity contribution in [1.29, 1.82) is 5.26 Å². The van der Waals surface area contributed by atoms with Crippen LogP contribution in [0.5, 0.6) is 5.75 Å². The molecule has 2 aromatic rings. The first-order chi connectivity index (χ1) is 9.65. The van der Waals surface area contributed by atoms with Gasteiger partial charge < -0.3 is 4.74 Å². The van der Waals surface area contributed by atoms with Crippen LogP contribution in [0.15, 0.2) is 40.9 Å². The SMILES string of the molecule is N#Cc1ccc(F)c(COc2c(Br)cccc2C=O)c1. The van der Waals surface area contributed by atoms with E-state index in [9.17, 15) is 9.18 Å². The third kappa shape index (κ3) is 3.03. The third-order valence-corrected chi connectivity index (χ3v) is 3.30. The Labute approximate surface area is 123 Å². The quantitative estimate of drug-likeness (QED) is 0.798.